The number of thioether (sulfide) groups is 1. The van der Waals surface area contributed by atoms with Crippen LogP contribution in [-0.2, 0) is 9.59 Å². The summed E-state index contributed by atoms with van der Waals surface area (Å²) in [4.78, 5) is 24.9. The molecule has 0 spiro atoms. The number of thiocarbonyl (C=S) groups is 1. The number of carboxylic acid groups (broad SMARTS) is 1. The Morgan fingerprint density at radius 2 is 2.04 bits per heavy atom. The minimum atomic E-state index is -0.938. The van der Waals surface area contributed by atoms with Gasteiger partial charge in [-0.25, -0.2) is 4.39 Å². The maximum atomic E-state index is 13.5. The number of rotatable bonds is 6. The molecule has 27 heavy (non-hydrogen) atoms. The third kappa shape index (κ3) is 4.72. The van der Waals surface area contributed by atoms with E-state index in [1.54, 1.807) is 36.4 Å². The van der Waals surface area contributed by atoms with Crippen LogP contribution < -0.4 is 9.64 Å². The second-order valence-electron chi connectivity index (χ2n) is 5.56. The van der Waals surface area contributed by atoms with Crippen LogP contribution in [-0.4, -0.2) is 27.9 Å². The Morgan fingerprint density at radius 3 is 2.78 bits per heavy atom. The van der Waals surface area contributed by atoms with E-state index in [2.05, 4.69) is 0 Å². The van der Waals surface area contributed by atoms with E-state index in [0.29, 0.717) is 26.2 Å². The first-order valence-corrected chi connectivity index (χ1v) is 9.15. The van der Waals surface area contributed by atoms with Crippen molar-refractivity contribution in [1.29, 1.82) is 0 Å². The fourth-order valence-corrected chi connectivity index (χ4v) is 3.71. The molecule has 1 aliphatic heterocycles. The molecule has 1 saturated heterocycles. The largest absolute Gasteiger partial charge is 0.493 e. The van der Waals surface area contributed by atoms with Gasteiger partial charge in [0.15, 0.2) is 4.32 Å². The topological polar surface area (TPSA) is 66.8 Å². The lowest BCUT2D eigenvalue weighted by Crippen LogP contribution is -2.27. The van der Waals surface area contributed by atoms with Gasteiger partial charge in [-0.15, -0.1) is 0 Å². The molecule has 0 unspecified atom stereocenters. The molecular formula is C19H14FNO4S2. The predicted molar refractivity (Wildman–Crippen MR) is 106 cm³/mol. The van der Waals surface area contributed by atoms with Crippen molar-refractivity contribution < 1.29 is 23.8 Å². The highest BCUT2D eigenvalue weighted by molar-refractivity contribution is 8.27. The zero-order chi connectivity index (χ0) is 19.4. The monoisotopic (exact) mass is 403 g/mol. The van der Waals surface area contributed by atoms with E-state index in [1.165, 1.54) is 23.1 Å². The SMILES string of the molecule is O=C(O)CCOc1cccc(/C=C2/SC(=S)N(c3cccc(F)c3)C2=O)c1. The number of anilines is 1. The number of carbonyl (C=O) groups excluding carboxylic acids is 1. The predicted octanol–water partition coefficient (Wildman–Crippen LogP) is 4.09. The summed E-state index contributed by atoms with van der Waals surface area (Å²) in [5.74, 6) is -1.21. The Morgan fingerprint density at radius 1 is 1.26 bits per heavy atom. The molecule has 1 aliphatic rings. The van der Waals surface area contributed by atoms with Gasteiger partial charge in [-0.3, -0.25) is 14.5 Å². The number of nitrogens with zero attached hydrogens (tertiary/aromatic N) is 1. The van der Waals surface area contributed by atoms with Crippen molar-refractivity contribution in [3.8, 4) is 5.75 Å². The number of carbonyl (C=O) groups is 2. The third-order valence-corrected chi connectivity index (χ3v) is 4.90. The van der Waals surface area contributed by atoms with Gasteiger partial charge in [0.05, 0.1) is 23.6 Å². The summed E-state index contributed by atoms with van der Waals surface area (Å²) >= 11 is 6.40. The Labute approximate surface area is 164 Å². The van der Waals surface area contributed by atoms with Gasteiger partial charge in [-0.2, -0.15) is 0 Å². The lowest BCUT2D eigenvalue weighted by molar-refractivity contribution is -0.137. The molecule has 5 nitrogen and oxygen atoms in total. The first-order valence-electron chi connectivity index (χ1n) is 7.92. The van der Waals surface area contributed by atoms with Gasteiger partial charge in [0.25, 0.3) is 5.91 Å². The van der Waals surface area contributed by atoms with E-state index in [9.17, 15) is 14.0 Å². The van der Waals surface area contributed by atoms with Gasteiger partial charge in [-0.05, 0) is 42.0 Å². The summed E-state index contributed by atoms with van der Waals surface area (Å²) in [5.41, 5.74) is 1.09. The molecule has 0 bridgehead atoms. The summed E-state index contributed by atoms with van der Waals surface area (Å²) in [7, 11) is 0. The zero-order valence-electron chi connectivity index (χ0n) is 13.9. The maximum Gasteiger partial charge on any atom is 0.306 e. The van der Waals surface area contributed by atoms with E-state index in [4.69, 9.17) is 22.1 Å². The molecule has 1 N–H and O–H groups in total. The van der Waals surface area contributed by atoms with Crippen LogP contribution in [0.3, 0.4) is 0 Å². The molecule has 0 aromatic heterocycles. The van der Waals surface area contributed by atoms with Crippen molar-refractivity contribution in [2.75, 3.05) is 11.5 Å². The molecule has 3 rings (SSSR count). The molecule has 0 aliphatic carbocycles. The molecular weight excluding hydrogens is 389 g/mol. The van der Waals surface area contributed by atoms with Crippen LogP contribution in [0.15, 0.2) is 53.4 Å². The molecule has 2 aromatic rings. The van der Waals surface area contributed by atoms with Crippen LogP contribution in [0.25, 0.3) is 6.08 Å². The van der Waals surface area contributed by atoms with Gasteiger partial charge in [0.2, 0.25) is 0 Å². The average molecular weight is 403 g/mol. The minimum absolute atomic E-state index is 0.0560. The fourth-order valence-electron chi connectivity index (χ4n) is 2.41. The van der Waals surface area contributed by atoms with Crippen molar-refractivity contribution >= 4 is 51.9 Å². The molecule has 1 heterocycles. The maximum absolute atomic E-state index is 13.5. The van der Waals surface area contributed by atoms with Crippen LogP contribution >= 0.6 is 24.0 Å². The van der Waals surface area contributed by atoms with Gasteiger partial charge in [0.1, 0.15) is 11.6 Å². The van der Waals surface area contributed by atoms with Crippen LogP contribution in [0.4, 0.5) is 10.1 Å². The molecule has 0 atom stereocenters. The van der Waals surface area contributed by atoms with Gasteiger partial charge < -0.3 is 9.84 Å². The Balaban J connectivity index is 1.78. The Bertz CT molecular complexity index is 945. The number of carboxylic acids is 1. The van der Waals surface area contributed by atoms with Crippen LogP contribution in [0.5, 0.6) is 5.75 Å². The number of amides is 1. The number of hydrogen-bond acceptors (Lipinski definition) is 5. The summed E-state index contributed by atoms with van der Waals surface area (Å²) in [5, 5.41) is 8.66. The standard InChI is InChI=1S/C19H14FNO4S2/c20-13-4-2-5-14(11-13)21-18(24)16(27-19(21)26)10-12-3-1-6-15(9-12)25-8-7-17(22)23/h1-6,9-11H,7-8H2,(H,22,23)/b16-10+. The van der Waals surface area contributed by atoms with E-state index in [-0.39, 0.29) is 18.9 Å². The highest BCUT2D eigenvalue weighted by atomic mass is 32.2. The minimum Gasteiger partial charge on any atom is -0.493 e. The van der Waals surface area contributed by atoms with E-state index < -0.39 is 11.8 Å². The van der Waals surface area contributed by atoms with Gasteiger partial charge in [0, 0.05) is 0 Å². The first-order chi connectivity index (χ1) is 12.9. The summed E-state index contributed by atoms with van der Waals surface area (Å²) in [6.07, 6.45) is 1.57. The molecule has 8 heteroatoms. The van der Waals surface area contributed by atoms with Crippen molar-refractivity contribution in [1.82, 2.24) is 0 Å². The van der Waals surface area contributed by atoms with Crippen LogP contribution in [0.1, 0.15) is 12.0 Å². The lowest BCUT2D eigenvalue weighted by Gasteiger charge is -2.14. The van der Waals surface area contributed by atoms with Crippen molar-refractivity contribution in [2.45, 2.75) is 6.42 Å². The lowest BCUT2D eigenvalue weighted by atomic mass is 10.2. The van der Waals surface area contributed by atoms with Gasteiger partial charge in [-0.1, -0.05) is 42.2 Å². The number of halogens is 1. The first kappa shape index (κ1) is 19.1. The quantitative estimate of drug-likeness (QED) is 0.579. The highest BCUT2D eigenvalue weighted by Gasteiger charge is 2.33. The molecule has 2 aromatic carbocycles. The Kier molecular flexibility index (Phi) is 5.88. The molecule has 0 radical (unpaired) electrons. The Hall–Kier alpha value is -2.71. The van der Waals surface area contributed by atoms with Crippen LogP contribution in [0.2, 0.25) is 0 Å². The van der Waals surface area contributed by atoms with Gasteiger partial charge >= 0.3 is 5.97 Å². The fraction of sp³-hybridized carbons (Fsp3) is 0.105. The summed E-state index contributed by atoms with van der Waals surface area (Å²) in [6.45, 7) is 0.0560. The molecule has 138 valence electrons. The van der Waals surface area contributed by atoms with E-state index in [0.717, 1.165) is 11.8 Å². The second kappa shape index (κ2) is 8.32. The normalized spacial score (nSPS) is 15.4. The van der Waals surface area contributed by atoms with Crippen LogP contribution in [0, 0.1) is 5.82 Å². The van der Waals surface area contributed by atoms with E-state index >= 15 is 0 Å². The average Bonchev–Trinajstić information content (AvgIpc) is 2.88. The van der Waals surface area contributed by atoms with Crippen molar-refractivity contribution in [3.63, 3.8) is 0 Å². The number of hydrogen-bond donors (Lipinski definition) is 1. The molecule has 0 saturated carbocycles. The number of benzene rings is 2. The third-order valence-electron chi connectivity index (χ3n) is 3.60. The number of ether oxygens (including phenoxy) is 1. The highest BCUT2D eigenvalue weighted by Crippen LogP contribution is 2.36. The smallest absolute Gasteiger partial charge is 0.306 e. The van der Waals surface area contributed by atoms with E-state index in [1.807, 2.05) is 0 Å². The molecule has 1 amide bonds. The molecule has 1 fully saturated rings. The van der Waals surface area contributed by atoms with Crippen molar-refractivity contribution in [2.24, 2.45) is 0 Å². The summed E-state index contributed by atoms with van der Waals surface area (Å²) in [6, 6.07) is 12.6. The van der Waals surface area contributed by atoms with Crippen molar-refractivity contribution in [3.05, 3.63) is 64.8 Å². The number of aliphatic carboxylic acids is 1. The summed E-state index contributed by atoms with van der Waals surface area (Å²) < 4.78 is 19.2. The zero-order valence-corrected chi connectivity index (χ0v) is 15.6. The second-order valence-corrected chi connectivity index (χ2v) is 7.24.